The second-order valence-electron chi connectivity index (χ2n) is 4.46. The molecule has 0 aliphatic heterocycles. The predicted octanol–water partition coefficient (Wildman–Crippen LogP) is 1.34. The molecule has 0 amide bonds. The molecule has 1 aromatic rings. The van der Waals surface area contributed by atoms with Crippen molar-refractivity contribution in [2.75, 3.05) is 34.9 Å². The Bertz CT molecular complexity index is 471. The van der Waals surface area contributed by atoms with E-state index in [9.17, 15) is 5.11 Å². The van der Waals surface area contributed by atoms with Gasteiger partial charge in [-0.1, -0.05) is 11.6 Å². The summed E-state index contributed by atoms with van der Waals surface area (Å²) < 4.78 is 15.9. The fraction of sp³-hybridized carbons (Fsp3) is 0.571. The van der Waals surface area contributed by atoms with E-state index in [1.54, 1.807) is 13.1 Å². The molecule has 0 bridgehead atoms. The maximum atomic E-state index is 10.6. The van der Waals surface area contributed by atoms with Crippen LogP contribution in [0.4, 0.5) is 0 Å². The largest absolute Gasteiger partial charge is 0.492 e. The molecule has 1 aromatic carbocycles. The number of aliphatic hydroxyl groups is 1. The number of halogens is 1. The highest BCUT2D eigenvalue weighted by molar-refractivity contribution is 6.32. The minimum atomic E-state index is -0.842. The second-order valence-corrected chi connectivity index (χ2v) is 4.87. The Morgan fingerprint density at radius 3 is 2.19 bits per heavy atom. The van der Waals surface area contributed by atoms with E-state index >= 15 is 0 Å². The van der Waals surface area contributed by atoms with Crippen LogP contribution in [0.25, 0.3) is 0 Å². The average Bonchev–Trinajstić information content (AvgIpc) is 2.50. The van der Waals surface area contributed by atoms with E-state index < -0.39 is 6.10 Å². The summed E-state index contributed by atoms with van der Waals surface area (Å²) >= 11 is 6.19. The number of nitrogens with one attached hydrogen (secondary N) is 1. The lowest BCUT2D eigenvalue weighted by Gasteiger charge is -2.25. The monoisotopic (exact) mass is 318 g/mol. The first-order valence-electron chi connectivity index (χ1n) is 6.59. The molecule has 0 radical (unpaired) electrons. The van der Waals surface area contributed by atoms with Crippen molar-refractivity contribution in [2.24, 2.45) is 5.73 Å². The first-order chi connectivity index (χ1) is 10.0. The summed E-state index contributed by atoms with van der Waals surface area (Å²) in [6.07, 6.45) is -0.238. The third kappa shape index (κ3) is 3.71. The van der Waals surface area contributed by atoms with Crippen molar-refractivity contribution >= 4 is 11.6 Å². The van der Waals surface area contributed by atoms with E-state index in [2.05, 4.69) is 5.32 Å². The fourth-order valence-electron chi connectivity index (χ4n) is 2.27. The fourth-order valence-corrected chi connectivity index (χ4v) is 2.55. The SMILES string of the molecule is CNC(CCN)C(O)c1cc(Cl)c(OC)c(OC)c1OC. The molecular weight excluding hydrogens is 296 g/mol. The summed E-state index contributed by atoms with van der Waals surface area (Å²) in [6.45, 7) is 0.450. The summed E-state index contributed by atoms with van der Waals surface area (Å²) in [4.78, 5) is 0. The van der Waals surface area contributed by atoms with Crippen molar-refractivity contribution in [3.8, 4) is 17.2 Å². The lowest BCUT2D eigenvalue weighted by molar-refractivity contribution is 0.125. The van der Waals surface area contributed by atoms with Crippen LogP contribution in [0.1, 0.15) is 18.1 Å². The molecule has 120 valence electrons. The van der Waals surface area contributed by atoms with Gasteiger partial charge in [0.05, 0.1) is 32.5 Å². The van der Waals surface area contributed by atoms with Crippen LogP contribution in [0, 0.1) is 0 Å². The van der Waals surface area contributed by atoms with Crippen LogP contribution in [0.3, 0.4) is 0 Å². The molecule has 1 rings (SSSR count). The van der Waals surface area contributed by atoms with Gasteiger partial charge in [-0.05, 0) is 26.1 Å². The predicted molar refractivity (Wildman–Crippen MR) is 82.6 cm³/mol. The van der Waals surface area contributed by atoms with Crippen LogP contribution in [-0.2, 0) is 0 Å². The van der Waals surface area contributed by atoms with Crippen LogP contribution in [0.2, 0.25) is 5.02 Å². The Hall–Kier alpha value is -1.21. The normalized spacial score (nSPS) is 13.7. The van der Waals surface area contributed by atoms with Gasteiger partial charge in [0.25, 0.3) is 0 Å². The van der Waals surface area contributed by atoms with Gasteiger partial charge in [-0.3, -0.25) is 0 Å². The molecule has 0 saturated heterocycles. The molecule has 2 unspecified atom stereocenters. The zero-order valence-corrected chi connectivity index (χ0v) is 13.5. The highest BCUT2D eigenvalue weighted by Gasteiger charge is 2.27. The Kier molecular flexibility index (Phi) is 7.04. The number of benzene rings is 1. The van der Waals surface area contributed by atoms with Crippen molar-refractivity contribution < 1.29 is 19.3 Å². The van der Waals surface area contributed by atoms with Gasteiger partial charge < -0.3 is 30.4 Å². The first kappa shape index (κ1) is 17.8. The van der Waals surface area contributed by atoms with Gasteiger partial charge >= 0.3 is 0 Å². The van der Waals surface area contributed by atoms with Crippen LogP contribution in [-0.4, -0.2) is 46.1 Å². The maximum absolute atomic E-state index is 10.6. The number of nitrogens with two attached hydrogens (primary N) is 1. The lowest BCUT2D eigenvalue weighted by atomic mass is 9.98. The third-order valence-electron chi connectivity index (χ3n) is 3.33. The number of ether oxygens (including phenoxy) is 3. The molecule has 6 nitrogen and oxygen atoms in total. The molecule has 0 fully saturated rings. The molecular formula is C14H23ClN2O4. The van der Waals surface area contributed by atoms with Gasteiger partial charge in [0, 0.05) is 11.6 Å². The van der Waals surface area contributed by atoms with E-state index in [0.29, 0.717) is 40.8 Å². The van der Waals surface area contributed by atoms with Crippen molar-refractivity contribution in [3.63, 3.8) is 0 Å². The molecule has 0 aliphatic rings. The van der Waals surface area contributed by atoms with Crippen LogP contribution >= 0.6 is 11.6 Å². The number of hydrogen-bond acceptors (Lipinski definition) is 6. The molecule has 4 N–H and O–H groups in total. The van der Waals surface area contributed by atoms with E-state index in [-0.39, 0.29) is 6.04 Å². The minimum Gasteiger partial charge on any atom is -0.492 e. The highest BCUT2D eigenvalue weighted by atomic mass is 35.5. The van der Waals surface area contributed by atoms with Crippen molar-refractivity contribution in [1.82, 2.24) is 5.32 Å². The highest BCUT2D eigenvalue weighted by Crippen LogP contribution is 2.47. The van der Waals surface area contributed by atoms with Crippen molar-refractivity contribution in [3.05, 3.63) is 16.7 Å². The van der Waals surface area contributed by atoms with E-state index in [0.717, 1.165) is 0 Å². The van der Waals surface area contributed by atoms with E-state index in [4.69, 9.17) is 31.5 Å². The molecule has 0 saturated carbocycles. The molecule has 0 aliphatic carbocycles. The molecule has 7 heteroatoms. The molecule has 0 spiro atoms. The standard InChI is InChI=1S/C14H23ClN2O4/c1-17-10(5-6-16)11(18)8-7-9(15)13(20-3)14(21-4)12(8)19-2/h7,10-11,17-18H,5-6,16H2,1-4H3. The van der Waals surface area contributed by atoms with Gasteiger partial charge in [-0.2, -0.15) is 0 Å². The van der Waals surface area contributed by atoms with Crippen LogP contribution in [0.5, 0.6) is 17.2 Å². The van der Waals surface area contributed by atoms with Crippen LogP contribution < -0.4 is 25.3 Å². The smallest absolute Gasteiger partial charge is 0.205 e. The number of aliphatic hydroxyl groups excluding tert-OH is 1. The van der Waals surface area contributed by atoms with E-state index in [1.807, 2.05) is 0 Å². The summed E-state index contributed by atoms with van der Waals surface area (Å²) in [5.41, 5.74) is 6.09. The molecule has 0 aromatic heterocycles. The molecule has 0 heterocycles. The Balaban J connectivity index is 3.38. The van der Waals surface area contributed by atoms with Gasteiger partial charge in [0.15, 0.2) is 11.5 Å². The molecule has 21 heavy (non-hydrogen) atoms. The number of likely N-dealkylation sites (N-methyl/N-ethyl adjacent to an activating group) is 1. The van der Waals surface area contributed by atoms with Gasteiger partial charge in [-0.15, -0.1) is 0 Å². The number of methoxy groups -OCH3 is 3. The zero-order valence-electron chi connectivity index (χ0n) is 12.8. The van der Waals surface area contributed by atoms with Crippen molar-refractivity contribution in [1.29, 1.82) is 0 Å². The Morgan fingerprint density at radius 2 is 1.76 bits per heavy atom. The summed E-state index contributed by atoms with van der Waals surface area (Å²) in [5, 5.41) is 14.0. The van der Waals surface area contributed by atoms with Gasteiger partial charge in [0.2, 0.25) is 5.75 Å². The average molecular weight is 319 g/mol. The van der Waals surface area contributed by atoms with Gasteiger partial charge in [-0.25, -0.2) is 0 Å². The summed E-state index contributed by atoms with van der Waals surface area (Å²) in [6, 6.07) is 1.39. The van der Waals surface area contributed by atoms with Gasteiger partial charge in [0.1, 0.15) is 0 Å². The Labute approximate surface area is 130 Å². The quantitative estimate of drug-likeness (QED) is 0.670. The Morgan fingerprint density at radius 1 is 1.19 bits per heavy atom. The summed E-state index contributed by atoms with van der Waals surface area (Å²) in [5.74, 6) is 1.11. The lowest BCUT2D eigenvalue weighted by Crippen LogP contribution is -2.34. The third-order valence-corrected chi connectivity index (χ3v) is 3.62. The first-order valence-corrected chi connectivity index (χ1v) is 6.97. The topological polar surface area (TPSA) is 86.0 Å². The second kappa shape index (κ2) is 8.29. The maximum Gasteiger partial charge on any atom is 0.205 e. The van der Waals surface area contributed by atoms with Crippen molar-refractivity contribution in [2.45, 2.75) is 18.6 Å². The van der Waals surface area contributed by atoms with E-state index in [1.165, 1.54) is 21.3 Å². The van der Waals surface area contributed by atoms with Crippen LogP contribution in [0.15, 0.2) is 6.07 Å². The number of hydrogen-bond donors (Lipinski definition) is 3. The summed E-state index contributed by atoms with van der Waals surface area (Å²) in [7, 11) is 6.24. The molecule has 2 atom stereocenters. The minimum absolute atomic E-state index is 0.224. The number of rotatable bonds is 8. The zero-order chi connectivity index (χ0) is 16.0.